The lowest BCUT2D eigenvalue weighted by Crippen LogP contribution is -2.30. The molecule has 5 heteroatoms. The van der Waals surface area contributed by atoms with Crippen LogP contribution in [0.15, 0.2) is 122 Å². The van der Waals surface area contributed by atoms with Crippen LogP contribution in [-0.2, 0) is 23.8 Å². The molecule has 64 heavy (non-hydrogen) atoms. The fourth-order valence-electron chi connectivity index (χ4n) is 6.73. The third kappa shape index (κ3) is 50.9. The Hall–Kier alpha value is -3.70. The van der Waals surface area contributed by atoms with Crippen molar-refractivity contribution in [2.45, 2.75) is 219 Å². The monoisotopic (exact) mass is 885 g/mol. The van der Waals surface area contributed by atoms with Crippen LogP contribution in [0.2, 0.25) is 0 Å². The second kappa shape index (κ2) is 53.6. The zero-order valence-corrected chi connectivity index (χ0v) is 41.5. The maximum Gasteiger partial charge on any atom is 0.306 e. The van der Waals surface area contributed by atoms with Crippen LogP contribution >= 0.6 is 0 Å². The van der Waals surface area contributed by atoms with E-state index in [1.54, 1.807) is 0 Å². The van der Waals surface area contributed by atoms with Gasteiger partial charge in [0.2, 0.25) is 0 Å². The molecule has 0 aromatic rings. The molecule has 362 valence electrons. The van der Waals surface area contributed by atoms with Crippen molar-refractivity contribution in [2.75, 3.05) is 19.8 Å². The number of carbonyl (C=O) groups excluding carboxylic acids is 2. The Kier molecular flexibility index (Phi) is 50.5. The Morgan fingerprint density at radius 2 is 0.703 bits per heavy atom. The lowest BCUT2D eigenvalue weighted by molar-refractivity contribution is -0.162. The maximum absolute atomic E-state index is 12.8. The number of rotatable bonds is 46. The average molecular weight is 885 g/mol. The first-order chi connectivity index (χ1) is 31.6. The largest absolute Gasteiger partial charge is 0.462 e. The molecule has 0 spiro atoms. The van der Waals surface area contributed by atoms with Crippen molar-refractivity contribution in [1.82, 2.24) is 0 Å². The van der Waals surface area contributed by atoms with E-state index in [0.29, 0.717) is 19.4 Å². The Morgan fingerprint density at radius 1 is 0.359 bits per heavy atom. The number of allylic oxidation sites excluding steroid dienone is 19. The Balaban J connectivity index is 4.48. The molecular formula is C59H96O5. The molecule has 0 N–H and O–H groups in total. The zero-order chi connectivity index (χ0) is 46.3. The third-order valence-electron chi connectivity index (χ3n) is 10.5. The van der Waals surface area contributed by atoms with Crippen LogP contribution in [0.5, 0.6) is 0 Å². The van der Waals surface area contributed by atoms with E-state index in [-0.39, 0.29) is 25.2 Å². The average Bonchev–Trinajstić information content (AvgIpc) is 3.30. The Bertz CT molecular complexity index is 1320. The van der Waals surface area contributed by atoms with E-state index in [9.17, 15) is 9.59 Å². The van der Waals surface area contributed by atoms with Gasteiger partial charge in [-0.1, -0.05) is 232 Å². The fourth-order valence-corrected chi connectivity index (χ4v) is 6.73. The van der Waals surface area contributed by atoms with Gasteiger partial charge in [-0.2, -0.15) is 0 Å². The summed E-state index contributed by atoms with van der Waals surface area (Å²) >= 11 is 0. The van der Waals surface area contributed by atoms with Crippen LogP contribution in [0.3, 0.4) is 0 Å². The van der Waals surface area contributed by atoms with Crippen molar-refractivity contribution >= 4 is 11.9 Å². The molecule has 0 aromatic heterocycles. The molecular weight excluding hydrogens is 789 g/mol. The van der Waals surface area contributed by atoms with E-state index in [1.165, 1.54) is 77.0 Å². The summed E-state index contributed by atoms with van der Waals surface area (Å²) in [6, 6.07) is 0. The van der Waals surface area contributed by atoms with Gasteiger partial charge in [0.05, 0.1) is 13.2 Å². The van der Waals surface area contributed by atoms with E-state index in [0.717, 1.165) is 103 Å². The van der Waals surface area contributed by atoms with E-state index in [1.807, 2.05) is 0 Å². The summed E-state index contributed by atoms with van der Waals surface area (Å²) in [5.74, 6) is -0.509. The zero-order valence-electron chi connectivity index (χ0n) is 41.5. The van der Waals surface area contributed by atoms with Crippen molar-refractivity contribution in [3.63, 3.8) is 0 Å². The highest BCUT2D eigenvalue weighted by Crippen LogP contribution is 2.14. The highest BCUT2D eigenvalue weighted by Gasteiger charge is 2.17. The van der Waals surface area contributed by atoms with Gasteiger partial charge < -0.3 is 14.2 Å². The molecule has 0 rings (SSSR count). The van der Waals surface area contributed by atoms with Gasteiger partial charge in [-0.3, -0.25) is 9.59 Å². The van der Waals surface area contributed by atoms with Gasteiger partial charge in [0.25, 0.3) is 0 Å². The molecule has 0 aliphatic carbocycles. The molecule has 0 aliphatic rings. The highest BCUT2D eigenvalue weighted by molar-refractivity contribution is 5.70. The van der Waals surface area contributed by atoms with Crippen molar-refractivity contribution in [1.29, 1.82) is 0 Å². The van der Waals surface area contributed by atoms with Crippen molar-refractivity contribution < 1.29 is 23.8 Å². The topological polar surface area (TPSA) is 61.8 Å². The minimum absolute atomic E-state index is 0.0206. The first-order valence-electron chi connectivity index (χ1n) is 26.1. The third-order valence-corrected chi connectivity index (χ3v) is 10.5. The van der Waals surface area contributed by atoms with Crippen LogP contribution in [0.1, 0.15) is 213 Å². The van der Waals surface area contributed by atoms with Gasteiger partial charge in [0.1, 0.15) is 6.61 Å². The van der Waals surface area contributed by atoms with E-state index >= 15 is 0 Å². The SMILES string of the molecule is CC/C=C\C/C=C\C/C=C\C/C=C\C/C=C\CCCC(=O)OCC(COCC/C=C\C/C=C\C/C=C\C/C=C\C/C=C\CC)OC(=O)CCCCCCCCCCCCCCCCC. The molecule has 0 fully saturated rings. The van der Waals surface area contributed by atoms with Crippen LogP contribution in [-0.4, -0.2) is 37.9 Å². The lowest BCUT2D eigenvalue weighted by atomic mass is 10.0. The van der Waals surface area contributed by atoms with Crippen LogP contribution in [0.4, 0.5) is 0 Å². The number of ether oxygens (including phenoxy) is 3. The summed E-state index contributed by atoms with van der Waals surface area (Å²) in [4.78, 5) is 25.4. The van der Waals surface area contributed by atoms with E-state index in [2.05, 4.69) is 142 Å². The second-order valence-electron chi connectivity index (χ2n) is 16.7. The molecule has 0 saturated carbocycles. The summed E-state index contributed by atoms with van der Waals surface area (Å²) in [5, 5.41) is 0. The van der Waals surface area contributed by atoms with Crippen LogP contribution < -0.4 is 0 Å². The number of unbranched alkanes of at least 4 members (excludes halogenated alkanes) is 15. The minimum atomic E-state index is -0.605. The van der Waals surface area contributed by atoms with Gasteiger partial charge in [0.15, 0.2) is 6.10 Å². The second-order valence-corrected chi connectivity index (χ2v) is 16.7. The predicted octanol–water partition coefficient (Wildman–Crippen LogP) is 17.8. The molecule has 0 radical (unpaired) electrons. The maximum atomic E-state index is 12.8. The van der Waals surface area contributed by atoms with Crippen molar-refractivity contribution in [2.24, 2.45) is 0 Å². The van der Waals surface area contributed by atoms with Crippen molar-refractivity contribution in [3.05, 3.63) is 122 Å². The highest BCUT2D eigenvalue weighted by atomic mass is 16.6. The van der Waals surface area contributed by atoms with Gasteiger partial charge in [-0.15, -0.1) is 0 Å². The number of carbonyl (C=O) groups is 2. The molecule has 0 heterocycles. The number of hydrogen-bond acceptors (Lipinski definition) is 5. The molecule has 5 nitrogen and oxygen atoms in total. The van der Waals surface area contributed by atoms with Gasteiger partial charge in [0, 0.05) is 12.8 Å². The fraction of sp³-hybridized carbons (Fsp3) is 0.627. The van der Waals surface area contributed by atoms with E-state index < -0.39 is 6.10 Å². The first kappa shape index (κ1) is 60.3. The summed E-state index contributed by atoms with van der Waals surface area (Å²) in [7, 11) is 0. The quantitative estimate of drug-likeness (QED) is 0.0346. The molecule has 1 unspecified atom stereocenters. The summed E-state index contributed by atoms with van der Waals surface area (Å²) < 4.78 is 17.3. The number of hydrogen-bond donors (Lipinski definition) is 0. The molecule has 1 atom stereocenters. The van der Waals surface area contributed by atoms with Gasteiger partial charge >= 0.3 is 11.9 Å². The first-order valence-corrected chi connectivity index (χ1v) is 26.1. The molecule has 0 saturated heterocycles. The Labute approximate surface area is 395 Å². The number of esters is 2. The molecule has 0 bridgehead atoms. The molecule has 0 aromatic carbocycles. The van der Waals surface area contributed by atoms with Crippen LogP contribution in [0, 0.1) is 0 Å². The summed E-state index contributed by atoms with van der Waals surface area (Å²) in [6.45, 7) is 7.33. The standard InChI is InChI=1S/C59H96O5/c1-4-7-10-13-16-19-22-25-28-30-32-34-37-40-43-46-49-52-58(60)63-56-57(55-62-54-51-48-45-42-39-36-33-29-26-23-20-17-14-11-8-5-2)64-59(61)53-50-47-44-41-38-35-31-27-24-21-18-15-12-9-6-3/h7-8,10-11,16-17,19-20,25-26,28-29,32,34,36,39-40,43,45,48,57H,4-6,9,12-15,18,21-24,27,30-31,33,35,37-38,41-42,44,46-47,49-56H2,1-3H3/b10-7-,11-8-,19-16-,20-17-,28-25-,29-26-,34-32-,39-36-,43-40-,48-45-. The molecule has 0 aliphatic heterocycles. The van der Waals surface area contributed by atoms with Crippen LogP contribution in [0.25, 0.3) is 0 Å². The van der Waals surface area contributed by atoms with Gasteiger partial charge in [-0.25, -0.2) is 0 Å². The predicted molar refractivity (Wildman–Crippen MR) is 279 cm³/mol. The summed E-state index contributed by atoms with van der Waals surface area (Å²) in [5.41, 5.74) is 0. The minimum Gasteiger partial charge on any atom is -0.462 e. The van der Waals surface area contributed by atoms with Gasteiger partial charge in [-0.05, 0) is 89.9 Å². The lowest BCUT2D eigenvalue weighted by Gasteiger charge is -2.18. The smallest absolute Gasteiger partial charge is 0.306 e. The molecule has 0 amide bonds. The normalized spacial score (nSPS) is 13.2. The van der Waals surface area contributed by atoms with E-state index in [4.69, 9.17) is 14.2 Å². The van der Waals surface area contributed by atoms with Crippen molar-refractivity contribution in [3.8, 4) is 0 Å². The summed E-state index contributed by atoms with van der Waals surface area (Å²) in [6.07, 6.45) is 75.2. The Morgan fingerprint density at radius 3 is 1.11 bits per heavy atom.